The molecule has 2 aromatic rings. The maximum Gasteiger partial charge on any atom is 0.315 e. The maximum atomic E-state index is 11.7. The van der Waals surface area contributed by atoms with Crippen molar-refractivity contribution in [2.45, 2.75) is 26.4 Å². The monoisotopic (exact) mass is 276 g/mol. The molecule has 6 heteroatoms. The molecule has 2 amide bonds. The van der Waals surface area contributed by atoms with Crippen LogP contribution in [0.5, 0.6) is 0 Å². The van der Waals surface area contributed by atoms with Crippen molar-refractivity contribution in [2.75, 3.05) is 0 Å². The van der Waals surface area contributed by atoms with Crippen LogP contribution in [0.1, 0.15) is 29.2 Å². The van der Waals surface area contributed by atoms with E-state index in [-0.39, 0.29) is 12.1 Å². The molecule has 0 aliphatic heterocycles. The fourth-order valence-corrected chi connectivity index (χ4v) is 2.31. The van der Waals surface area contributed by atoms with Gasteiger partial charge in [-0.05, 0) is 25.5 Å². The highest BCUT2D eigenvalue weighted by atomic mass is 32.1. The number of pyridine rings is 1. The quantitative estimate of drug-likeness (QED) is 0.901. The van der Waals surface area contributed by atoms with Crippen LogP contribution in [0.2, 0.25) is 0 Å². The van der Waals surface area contributed by atoms with Gasteiger partial charge in [0.1, 0.15) is 5.01 Å². The number of nitrogens with one attached hydrogen (secondary N) is 2. The second-order valence-corrected chi connectivity index (χ2v) is 5.16. The molecule has 2 aromatic heterocycles. The average Bonchev–Trinajstić information content (AvgIpc) is 2.83. The first-order chi connectivity index (χ1) is 9.15. The van der Waals surface area contributed by atoms with E-state index in [2.05, 4.69) is 20.6 Å². The van der Waals surface area contributed by atoms with E-state index in [4.69, 9.17) is 0 Å². The summed E-state index contributed by atoms with van der Waals surface area (Å²) in [5.41, 5.74) is 1.95. The lowest BCUT2D eigenvalue weighted by Crippen LogP contribution is -2.36. The zero-order valence-corrected chi connectivity index (χ0v) is 11.7. The number of hydrogen-bond donors (Lipinski definition) is 2. The maximum absolute atomic E-state index is 11.7. The van der Waals surface area contributed by atoms with Crippen LogP contribution in [0.25, 0.3) is 0 Å². The van der Waals surface area contributed by atoms with Gasteiger partial charge < -0.3 is 10.6 Å². The van der Waals surface area contributed by atoms with Crippen molar-refractivity contribution in [3.63, 3.8) is 0 Å². The van der Waals surface area contributed by atoms with Gasteiger partial charge in [0.2, 0.25) is 0 Å². The number of carbonyl (C=O) groups excluding carboxylic acids is 1. The molecule has 0 aromatic carbocycles. The number of aromatic nitrogens is 2. The number of rotatable bonds is 4. The second kappa shape index (κ2) is 6.29. The van der Waals surface area contributed by atoms with Crippen LogP contribution in [-0.4, -0.2) is 16.0 Å². The fourth-order valence-electron chi connectivity index (χ4n) is 1.60. The summed E-state index contributed by atoms with van der Waals surface area (Å²) in [7, 11) is 0. The number of amides is 2. The van der Waals surface area contributed by atoms with Crippen molar-refractivity contribution in [1.29, 1.82) is 0 Å². The van der Waals surface area contributed by atoms with Crippen molar-refractivity contribution in [1.82, 2.24) is 20.6 Å². The van der Waals surface area contributed by atoms with Crippen LogP contribution >= 0.6 is 11.3 Å². The zero-order valence-electron chi connectivity index (χ0n) is 10.9. The first-order valence-corrected chi connectivity index (χ1v) is 6.88. The average molecular weight is 276 g/mol. The summed E-state index contributed by atoms with van der Waals surface area (Å²) in [4.78, 5) is 20.1. The number of thiazole rings is 1. The summed E-state index contributed by atoms with van der Waals surface area (Å²) >= 11 is 1.54. The van der Waals surface area contributed by atoms with Crippen LogP contribution in [0.4, 0.5) is 4.79 Å². The Labute approximate surface area is 116 Å². The third-order valence-corrected chi connectivity index (χ3v) is 3.57. The van der Waals surface area contributed by atoms with Gasteiger partial charge in [0.15, 0.2) is 0 Å². The Morgan fingerprint density at radius 2 is 2.37 bits per heavy atom. The third kappa shape index (κ3) is 4.03. The number of hydrogen-bond acceptors (Lipinski definition) is 4. The highest BCUT2D eigenvalue weighted by Gasteiger charge is 2.09. The summed E-state index contributed by atoms with van der Waals surface area (Å²) in [6.07, 6.45) is 3.45. The molecular weight excluding hydrogens is 260 g/mol. The molecule has 0 saturated heterocycles. The molecule has 0 aliphatic carbocycles. The van der Waals surface area contributed by atoms with E-state index in [0.717, 1.165) is 16.3 Å². The molecule has 0 bridgehead atoms. The van der Waals surface area contributed by atoms with Crippen molar-refractivity contribution >= 4 is 17.4 Å². The van der Waals surface area contributed by atoms with Crippen molar-refractivity contribution < 1.29 is 4.79 Å². The molecule has 0 saturated carbocycles. The Bertz CT molecular complexity index is 541. The topological polar surface area (TPSA) is 66.9 Å². The predicted molar refractivity (Wildman–Crippen MR) is 74.9 cm³/mol. The highest BCUT2D eigenvalue weighted by molar-refractivity contribution is 7.09. The molecule has 2 N–H and O–H groups in total. The molecule has 2 rings (SSSR count). The van der Waals surface area contributed by atoms with Crippen molar-refractivity contribution in [3.05, 3.63) is 46.2 Å². The normalized spacial score (nSPS) is 11.9. The van der Waals surface area contributed by atoms with Gasteiger partial charge in [-0.3, -0.25) is 4.98 Å². The summed E-state index contributed by atoms with van der Waals surface area (Å²) in [6, 6.07) is 3.50. The zero-order chi connectivity index (χ0) is 13.7. The van der Waals surface area contributed by atoms with Gasteiger partial charge >= 0.3 is 6.03 Å². The van der Waals surface area contributed by atoms with Gasteiger partial charge in [0.25, 0.3) is 0 Å². The van der Waals surface area contributed by atoms with E-state index in [1.807, 2.05) is 31.4 Å². The minimum absolute atomic E-state index is 0.0771. The molecule has 0 radical (unpaired) electrons. The number of aryl methyl sites for hydroxylation is 1. The Hall–Kier alpha value is -1.95. The van der Waals surface area contributed by atoms with Crippen LogP contribution in [0.15, 0.2) is 29.9 Å². The van der Waals surface area contributed by atoms with Gasteiger partial charge in [-0.1, -0.05) is 6.07 Å². The lowest BCUT2D eigenvalue weighted by molar-refractivity contribution is 0.237. The SMILES string of the molecule is Cc1csc(CNC(=O)NC(C)c2cccnc2)n1. The summed E-state index contributed by atoms with van der Waals surface area (Å²) < 4.78 is 0. The lowest BCUT2D eigenvalue weighted by atomic mass is 10.1. The molecule has 2 heterocycles. The molecule has 100 valence electrons. The largest absolute Gasteiger partial charge is 0.332 e. The molecule has 0 fully saturated rings. The Balaban J connectivity index is 1.81. The van der Waals surface area contributed by atoms with Gasteiger partial charge in [-0.2, -0.15) is 0 Å². The van der Waals surface area contributed by atoms with Crippen molar-refractivity contribution in [2.24, 2.45) is 0 Å². The first-order valence-electron chi connectivity index (χ1n) is 6.00. The van der Waals surface area contributed by atoms with E-state index in [1.54, 1.807) is 23.7 Å². The number of urea groups is 1. The standard InChI is InChI=1S/C13H16N4OS/c1-9-8-19-12(16-9)7-15-13(18)17-10(2)11-4-3-5-14-6-11/h3-6,8,10H,7H2,1-2H3,(H2,15,17,18). The smallest absolute Gasteiger partial charge is 0.315 e. The molecule has 5 nitrogen and oxygen atoms in total. The van der Waals surface area contributed by atoms with Crippen LogP contribution in [-0.2, 0) is 6.54 Å². The van der Waals surface area contributed by atoms with Gasteiger partial charge in [-0.15, -0.1) is 11.3 Å². The van der Waals surface area contributed by atoms with E-state index in [1.165, 1.54) is 0 Å². The summed E-state index contributed by atoms with van der Waals surface area (Å²) in [5.74, 6) is 0. The number of nitrogens with zero attached hydrogens (tertiary/aromatic N) is 2. The minimum atomic E-state index is -0.204. The van der Waals surface area contributed by atoms with Gasteiger partial charge in [0.05, 0.1) is 12.6 Å². The Morgan fingerprint density at radius 1 is 1.53 bits per heavy atom. The Morgan fingerprint density at radius 3 is 3.00 bits per heavy atom. The van der Waals surface area contributed by atoms with E-state index >= 15 is 0 Å². The highest BCUT2D eigenvalue weighted by Crippen LogP contribution is 2.10. The molecule has 1 unspecified atom stereocenters. The predicted octanol–water partition coefficient (Wildman–Crippen LogP) is 2.41. The Kier molecular flexibility index (Phi) is 4.46. The summed E-state index contributed by atoms with van der Waals surface area (Å²) in [6.45, 7) is 4.30. The number of carbonyl (C=O) groups is 1. The molecule has 1 atom stereocenters. The van der Waals surface area contributed by atoms with Gasteiger partial charge in [-0.25, -0.2) is 9.78 Å². The molecular formula is C13H16N4OS. The second-order valence-electron chi connectivity index (χ2n) is 4.22. The molecule has 19 heavy (non-hydrogen) atoms. The van der Waals surface area contributed by atoms with Crippen LogP contribution < -0.4 is 10.6 Å². The fraction of sp³-hybridized carbons (Fsp3) is 0.308. The van der Waals surface area contributed by atoms with Crippen LogP contribution in [0.3, 0.4) is 0 Å². The van der Waals surface area contributed by atoms with Gasteiger partial charge in [0, 0.05) is 23.5 Å². The minimum Gasteiger partial charge on any atom is -0.332 e. The van der Waals surface area contributed by atoms with E-state index in [0.29, 0.717) is 6.54 Å². The molecule has 0 spiro atoms. The lowest BCUT2D eigenvalue weighted by Gasteiger charge is -2.14. The third-order valence-electron chi connectivity index (χ3n) is 2.60. The first kappa shape index (κ1) is 13.5. The van der Waals surface area contributed by atoms with Crippen LogP contribution in [0, 0.1) is 6.92 Å². The van der Waals surface area contributed by atoms with Crippen molar-refractivity contribution in [3.8, 4) is 0 Å². The van der Waals surface area contributed by atoms with E-state index in [9.17, 15) is 4.79 Å². The summed E-state index contributed by atoms with van der Waals surface area (Å²) in [5, 5.41) is 8.52. The van der Waals surface area contributed by atoms with E-state index < -0.39 is 0 Å². The molecule has 0 aliphatic rings.